The summed E-state index contributed by atoms with van der Waals surface area (Å²) >= 11 is 4.70. The normalized spacial score (nSPS) is 24.0. The Hall–Kier alpha value is -1.67. The second kappa shape index (κ2) is 9.26. The molecule has 1 saturated heterocycles. The van der Waals surface area contributed by atoms with E-state index in [1.165, 1.54) is 0 Å². The number of hydrogen-bond acceptors (Lipinski definition) is 5. The summed E-state index contributed by atoms with van der Waals surface area (Å²) in [6, 6.07) is 6.49. The predicted molar refractivity (Wildman–Crippen MR) is 148 cm³/mol. The van der Waals surface area contributed by atoms with Crippen molar-refractivity contribution in [1.29, 1.82) is 0 Å². The van der Waals surface area contributed by atoms with Gasteiger partial charge in [0.25, 0.3) is 0 Å². The van der Waals surface area contributed by atoms with Crippen LogP contribution in [0.3, 0.4) is 0 Å². The fourth-order valence-corrected chi connectivity index (χ4v) is 5.41. The Labute approximate surface area is 223 Å². The van der Waals surface area contributed by atoms with Crippen molar-refractivity contribution < 1.29 is 19.0 Å². The molecular weight excluding hydrogens is 471 g/mol. The van der Waals surface area contributed by atoms with E-state index in [4.69, 9.17) is 22.0 Å². The number of piperidine rings is 1. The minimum Gasteiger partial charge on any atom is -0.444 e. The number of carbonyl (C=O) groups excluding carboxylic acids is 2. The predicted octanol–water partition coefficient (Wildman–Crippen LogP) is 4.85. The Morgan fingerprint density at radius 3 is 2.22 bits per heavy atom. The summed E-state index contributed by atoms with van der Waals surface area (Å²) in [6.07, 6.45) is 2.96. The van der Waals surface area contributed by atoms with E-state index < -0.39 is 16.6 Å². The highest BCUT2D eigenvalue weighted by molar-refractivity contribution is 7.81. The molecule has 8 heteroatoms. The van der Waals surface area contributed by atoms with Crippen molar-refractivity contribution in [2.24, 2.45) is 5.92 Å². The van der Waals surface area contributed by atoms with Crippen LogP contribution in [0.1, 0.15) is 86.6 Å². The zero-order chi connectivity index (χ0) is 26.7. The average molecular weight is 514 g/mol. The first-order valence-corrected chi connectivity index (χ1v) is 13.7. The van der Waals surface area contributed by atoms with Gasteiger partial charge in [0.15, 0.2) is 0 Å². The number of likely N-dealkylation sites (tertiary alicyclic amines) is 1. The largest absolute Gasteiger partial charge is 0.444 e. The Morgan fingerprint density at radius 1 is 1.08 bits per heavy atom. The molecule has 0 aromatic heterocycles. The molecule has 0 N–H and O–H groups in total. The van der Waals surface area contributed by atoms with Crippen LogP contribution in [0, 0.1) is 5.92 Å². The number of rotatable bonds is 5. The molecule has 2 amide bonds. The Morgan fingerprint density at radius 2 is 1.69 bits per heavy atom. The summed E-state index contributed by atoms with van der Waals surface area (Å²) in [5.41, 5.74) is 1.44. The number of nitrogens with zero attached hydrogens (tertiary/aromatic N) is 2. The number of anilines is 1. The van der Waals surface area contributed by atoms with E-state index in [0.717, 1.165) is 29.6 Å². The molecule has 197 valence electrons. The molecule has 4 rings (SSSR count). The van der Waals surface area contributed by atoms with E-state index in [9.17, 15) is 9.59 Å². The fraction of sp³-hybridized carbons (Fsp3) is 0.714. The van der Waals surface area contributed by atoms with Gasteiger partial charge in [-0.05, 0) is 91.7 Å². The van der Waals surface area contributed by atoms with Crippen LogP contribution in [0.5, 0.6) is 0 Å². The van der Waals surface area contributed by atoms with Gasteiger partial charge in [-0.2, -0.15) is 12.6 Å². The second-order valence-corrected chi connectivity index (χ2v) is 14.2. The summed E-state index contributed by atoms with van der Waals surface area (Å²) in [5, 5.41) is 0. The smallest absolute Gasteiger partial charge is 0.410 e. The summed E-state index contributed by atoms with van der Waals surface area (Å²) in [7, 11) is 1.79. The van der Waals surface area contributed by atoms with Gasteiger partial charge in [-0.1, -0.05) is 24.5 Å². The SMILES string of the molecule is CC1CC(N2C(=O)C3(CCN(C(=O)OC(C)(C)C)CC3)c3ccc([B]OC(C)(C)C(C)(C)S)cc32)C1. The highest BCUT2D eigenvalue weighted by Crippen LogP contribution is 2.51. The molecule has 2 aliphatic heterocycles. The van der Waals surface area contributed by atoms with Crippen molar-refractivity contribution in [3.05, 3.63) is 23.8 Å². The summed E-state index contributed by atoms with van der Waals surface area (Å²) < 4.78 is 11.4. The lowest BCUT2D eigenvalue weighted by molar-refractivity contribution is -0.125. The number of hydrogen-bond donors (Lipinski definition) is 1. The number of fused-ring (bicyclic) bond motifs is 2. The van der Waals surface area contributed by atoms with E-state index in [1.54, 1.807) is 12.4 Å². The zero-order valence-electron chi connectivity index (χ0n) is 23.2. The van der Waals surface area contributed by atoms with E-state index in [2.05, 4.69) is 24.0 Å². The lowest BCUT2D eigenvalue weighted by Gasteiger charge is -2.42. The van der Waals surface area contributed by atoms with E-state index in [0.29, 0.717) is 31.8 Å². The van der Waals surface area contributed by atoms with Gasteiger partial charge in [-0.15, -0.1) is 0 Å². The molecule has 1 radical (unpaired) electrons. The van der Waals surface area contributed by atoms with Crippen LogP contribution in [0.25, 0.3) is 0 Å². The molecule has 1 saturated carbocycles. The second-order valence-electron chi connectivity index (χ2n) is 13.0. The Balaban J connectivity index is 1.59. The topological polar surface area (TPSA) is 59.1 Å². The molecule has 1 aliphatic carbocycles. The molecule has 1 aromatic carbocycles. The highest BCUT2D eigenvalue weighted by atomic mass is 32.1. The molecule has 2 fully saturated rings. The summed E-state index contributed by atoms with van der Waals surface area (Å²) in [5.74, 6) is 0.821. The molecule has 1 aromatic rings. The van der Waals surface area contributed by atoms with E-state index >= 15 is 0 Å². The van der Waals surface area contributed by atoms with Crippen LogP contribution >= 0.6 is 12.6 Å². The lowest BCUT2D eigenvalue weighted by atomic mass is 9.72. The van der Waals surface area contributed by atoms with Gasteiger partial charge < -0.3 is 19.2 Å². The standard InChI is InChI=1S/C28H42BN2O4S/c1-18-15-20(16-18)31-22-17-19(29-35-26(5,6)27(7,8)36)9-10-21(22)28(23(31)32)11-13-30(14-12-28)24(33)34-25(2,3)4/h9-10,17-18,20,36H,11-16H2,1-8H3. The number of amides is 2. The van der Waals surface area contributed by atoms with Crippen LogP contribution in [0.2, 0.25) is 0 Å². The molecule has 1 spiro atoms. The molecule has 0 bridgehead atoms. The molecule has 36 heavy (non-hydrogen) atoms. The van der Waals surface area contributed by atoms with Crippen molar-refractivity contribution >= 4 is 43.3 Å². The highest BCUT2D eigenvalue weighted by Gasteiger charge is 2.55. The maximum Gasteiger partial charge on any atom is 0.410 e. The third kappa shape index (κ3) is 5.04. The minimum absolute atomic E-state index is 0.188. The molecule has 6 nitrogen and oxygen atoms in total. The number of carbonyl (C=O) groups is 2. The third-order valence-corrected chi connectivity index (χ3v) is 8.91. The van der Waals surface area contributed by atoms with Crippen LogP contribution in [-0.2, 0) is 19.6 Å². The minimum atomic E-state index is -0.585. The van der Waals surface area contributed by atoms with Crippen molar-refractivity contribution in [3.63, 3.8) is 0 Å². The van der Waals surface area contributed by atoms with Gasteiger partial charge in [0.05, 0.1) is 11.0 Å². The van der Waals surface area contributed by atoms with Crippen molar-refractivity contribution in [2.75, 3.05) is 18.0 Å². The quantitative estimate of drug-likeness (QED) is 0.452. The molecule has 3 aliphatic rings. The zero-order valence-corrected chi connectivity index (χ0v) is 24.1. The maximum atomic E-state index is 14.1. The van der Waals surface area contributed by atoms with Gasteiger partial charge in [0.1, 0.15) is 5.60 Å². The fourth-order valence-electron chi connectivity index (χ4n) is 5.35. The van der Waals surface area contributed by atoms with Crippen molar-refractivity contribution in [1.82, 2.24) is 4.90 Å². The van der Waals surface area contributed by atoms with Gasteiger partial charge >= 0.3 is 13.6 Å². The number of ether oxygens (including phenoxy) is 1. The first-order valence-electron chi connectivity index (χ1n) is 13.2. The van der Waals surface area contributed by atoms with Crippen LogP contribution in [0.4, 0.5) is 10.5 Å². The molecule has 2 heterocycles. The van der Waals surface area contributed by atoms with Gasteiger partial charge in [0, 0.05) is 29.6 Å². The van der Waals surface area contributed by atoms with Crippen molar-refractivity contribution in [2.45, 2.75) is 108 Å². The van der Waals surface area contributed by atoms with Gasteiger partial charge in [0.2, 0.25) is 5.91 Å². The maximum absolute atomic E-state index is 14.1. The Kier molecular flexibility index (Phi) is 7.04. The monoisotopic (exact) mass is 513 g/mol. The van der Waals surface area contributed by atoms with Crippen LogP contribution < -0.4 is 10.4 Å². The molecule has 0 atom stereocenters. The Bertz CT molecular complexity index is 1020. The number of benzene rings is 1. The third-order valence-electron chi connectivity index (χ3n) is 8.37. The summed E-state index contributed by atoms with van der Waals surface area (Å²) in [6.45, 7) is 17.0. The molecule has 0 unspecified atom stereocenters. The van der Waals surface area contributed by atoms with Gasteiger partial charge in [-0.3, -0.25) is 4.79 Å². The first-order chi connectivity index (χ1) is 16.5. The van der Waals surface area contributed by atoms with Crippen LogP contribution in [0.15, 0.2) is 18.2 Å². The summed E-state index contributed by atoms with van der Waals surface area (Å²) in [4.78, 5) is 30.6. The lowest BCUT2D eigenvalue weighted by Crippen LogP contribution is -2.54. The van der Waals surface area contributed by atoms with Crippen LogP contribution in [-0.4, -0.2) is 59.5 Å². The first kappa shape index (κ1) is 27.4. The van der Waals surface area contributed by atoms with Gasteiger partial charge in [-0.25, -0.2) is 4.79 Å². The van der Waals surface area contributed by atoms with E-state index in [1.807, 2.05) is 54.5 Å². The number of thiol groups is 1. The van der Waals surface area contributed by atoms with Crippen molar-refractivity contribution in [3.8, 4) is 0 Å². The average Bonchev–Trinajstić information content (AvgIpc) is 2.96. The van der Waals surface area contributed by atoms with E-state index in [-0.39, 0.29) is 22.8 Å². The molecular formula is C28H42BN2O4S.